The predicted molar refractivity (Wildman–Crippen MR) is 102 cm³/mol. The van der Waals surface area contributed by atoms with Crippen LogP contribution in [0.1, 0.15) is 47.3 Å². The van der Waals surface area contributed by atoms with E-state index in [1.807, 2.05) is 19.9 Å². The number of aromatic nitrogens is 2. The van der Waals surface area contributed by atoms with Crippen LogP contribution in [0, 0.1) is 13.8 Å². The molecule has 1 amide bonds. The number of pyridine rings is 1. The van der Waals surface area contributed by atoms with E-state index in [1.54, 1.807) is 6.21 Å². The molecule has 0 aliphatic carbocycles. The third kappa shape index (κ3) is 3.92. The topological polar surface area (TPSA) is 86.6 Å². The van der Waals surface area contributed by atoms with Gasteiger partial charge in [-0.25, -0.2) is 5.43 Å². The molecule has 0 aliphatic rings. The fraction of sp³-hybridized carbons (Fsp3) is 0.312. The zero-order chi connectivity index (χ0) is 18.9. The van der Waals surface area contributed by atoms with Gasteiger partial charge in [-0.2, -0.15) is 10.1 Å². The SMILES string of the molecule is Cc1cc(/C=N/NC(=O)c2[nH+]c(Cl)c(Cl)c(N)c2Cl)c(C)n1C(C)C. The monoisotopic (exact) mass is 402 g/mol. The van der Waals surface area contributed by atoms with Crippen molar-refractivity contribution in [1.82, 2.24) is 9.99 Å². The number of carbonyl (C=O) groups excluding carboxylic acids is 1. The van der Waals surface area contributed by atoms with Crippen molar-refractivity contribution in [2.75, 3.05) is 5.73 Å². The number of hydrogen-bond acceptors (Lipinski definition) is 3. The Labute approximate surface area is 161 Å². The standard InChI is InChI=1S/C16H18Cl3N5O/c1-7(2)24-8(3)5-10(9(24)4)6-21-23-16(25)14-11(17)13(20)12(18)15(19)22-14/h5-7H,1-4H3,(H2,20,22)(H,23,25)/p+1/b21-6+. The lowest BCUT2D eigenvalue weighted by Gasteiger charge is -2.13. The highest BCUT2D eigenvalue weighted by molar-refractivity contribution is 6.45. The van der Waals surface area contributed by atoms with E-state index in [9.17, 15) is 4.79 Å². The molecule has 9 heteroatoms. The molecular formula is C16H19Cl3N5O+. The van der Waals surface area contributed by atoms with Crippen molar-refractivity contribution in [3.05, 3.63) is 43.9 Å². The minimum atomic E-state index is -0.579. The van der Waals surface area contributed by atoms with Gasteiger partial charge in [0.2, 0.25) is 0 Å². The normalized spacial score (nSPS) is 11.5. The molecule has 2 rings (SSSR count). The van der Waals surface area contributed by atoms with E-state index >= 15 is 0 Å². The molecule has 0 radical (unpaired) electrons. The Morgan fingerprint density at radius 3 is 2.52 bits per heavy atom. The minimum absolute atomic E-state index is 0.0138. The second kappa shape index (κ2) is 7.64. The van der Waals surface area contributed by atoms with Crippen molar-refractivity contribution in [1.29, 1.82) is 0 Å². The number of anilines is 1. The zero-order valence-corrected chi connectivity index (χ0v) is 16.5. The zero-order valence-electron chi connectivity index (χ0n) is 14.2. The summed E-state index contributed by atoms with van der Waals surface area (Å²) in [6, 6.07) is 2.34. The highest BCUT2D eigenvalue weighted by atomic mass is 35.5. The third-order valence-corrected chi connectivity index (χ3v) is 4.92. The maximum atomic E-state index is 12.2. The Morgan fingerprint density at radius 2 is 1.96 bits per heavy atom. The fourth-order valence-electron chi connectivity index (χ4n) is 2.67. The summed E-state index contributed by atoms with van der Waals surface area (Å²) in [5, 5.41) is 4.06. The second-order valence-electron chi connectivity index (χ2n) is 5.84. The number of aryl methyl sites for hydroxylation is 1. The number of hydrogen-bond donors (Lipinski definition) is 2. The van der Waals surface area contributed by atoms with Crippen LogP contribution < -0.4 is 16.1 Å². The number of hydrazone groups is 1. The third-order valence-electron chi connectivity index (χ3n) is 3.76. The molecule has 0 bridgehead atoms. The Morgan fingerprint density at radius 1 is 1.32 bits per heavy atom. The van der Waals surface area contributed by atoms with Gasteiger partial charge in [0, 0.05) is 23.0 Å². The molecule has 0 saturated carbocycles. The van der Waals surface area contributed by atoms with Crippen LogP contribution in [0.15, 0.2) is 11.2 Å². The summed E-state index contributed by atoms with van der Waals surface area (Å²) in [6.45, 7) is 8.24. The molecule has 2 aromatic heterocycles. The number of nitrogens with zero attached hydrogens (tertiary/aromatic N) is 2. The molecule has 0 atom stereocenters. The number of carbonyl (C=O) groups is 1. The van der Waals surface area contributed by atoms with E-state index in [4.69, 9.17) is 40.5 Å². The highest BCUT2D eigenvalue weighted by Gasteiger charge is 2.25. The number of aromatic amines is 1. The summed E-state index contributed by atoms with van der Waals surface area (Å²) in [7, 11) is 0. The molecule has 2 aromatic rings. The number of amides is 1. The Kier molecular flexibility index (Phi) is 5.98. The van der Waals surface area contributed by atoms with Gasteiger partial charge in [0.05, 0.1) is 11.9 Å². The molecule has 6 nitrogen and oxygen atoms in total. The highest BCUT2D eigenvalue weighted by Crippen LogP contribution is 2.31. The van der Waals surface area contributed by atoms with Crippen molar-refractivity contribution in [2.24, 2.45) is 5.10 Å². The molecule has 134 valence electrons. The van der Waals surface area contributed by atoms with E-state index < -0.39 is 5.91 Å². The van der Waals surface area contributed by atoms with E-state index in [-0.39, 0.29) is 26.6 Å². The minimum Gasteiger partial charge on any atom is -0.396 e. The summed E-state index contributed by atoms with van der Waals surface area (Å²) >= 11 is 17.8. The van der Waals surface area contributed by atoms with Crippen LogP contribution in [0.4, 0.5) is 5.69 Å². The molecule has 4 N–H and O–H groups in total. The molecule has 2 heterocycles. The van der Waals surface area contributed by atoms with Crippen LogP contribution in [0.2, 0.25) is 15.2 Å². The molecule has 0 aromatic carbocycles. The molecule has 0 saturated heterocycles. The van der Waals surface area contributed by atoms with E-state index in [0.29, 0.717) is 6.04 Å². The van der Waals surface area contributed by atoms with Crippen LogP contribution in [-0.2, 0) is 0 Å². The lowest BCUT2D eigenvalue weighted by Crippen LogP contribution is -2.28. The molecule has 0 fully saturated rings. The van der Waals surface area contributed by atoms with Crippen LogP contribution in [0.3, 0.4) is 0 Å². The van der Waals surface area contributed by atoms with Gasteiger partial charge in [-0.15, -0.1) is 0 Å². The fourth-order valence-corrected chi connectivity index (χ4v) is 3.28. The molecule has 0 unspecified atom stereocenters. The van der Waals surface area contributed by atoms with E-state index in [1.165, 1.54) is 0 Å². The van der Waals surface area contributed by atoms with Crippen molar-refractivity contribution < 1.29 is 9.78 Å². The molecule has 0 spiro atoms. The van der Waals surface area contributed by atoms with Crippen molar-refractivity contribution in [3.63, 3.8) is 0 Å². The lowest BCUT2D eigenvalue weighted by atomic mass is 10.2. The average Bonchev–Trinajstić information content (AvgIpc) is 2.82. The van der Waals surface area contributed by atoms with Crippen molar-refractivity contribution in [3.8, 4) is 0 Å². The van der Waals surface area contributed by atoms with E-state index in [2.05, 4.69) is 33.9 Å². The van der Waals surface area contributed by atoms with Gasteiger partial charge in [-0.3, -0.25) is 4.79 Å². The summed E-state index contributed by atoms with van der Waals surface area (Å²) in [6.07, 6.45) is 1.58. The molecule has 25 heavy (non-hydrogen) atoms. The van der Waals surface area contributed by atoms with Crippen LogP contribution in [0.25, 0.3) is 0 Å². The van der Waals surface area contributed by atoms with Gasteiger partial charge in [0.15, 0.2) is 0 Å². The Balaban J connectivity index is 2.21. The maximum Gasteiger partial charge on any atom is 0.337 e. The summed E-state index contributed by atoms with van der Waals surface area (Å²) in [5.74, 6) is -0.579. The summed E-state index contributed by atoms with van der Waals surface area (Å²) < 4.78 is 2.19. The number of rotatable bonds is 4. The van der Waals surface area contributed by atoms with Gasteiger partial charge < -0.3 is 10.3 Å². The summed E-state index contributed by atoms with van der Waals surface area (Å²) in [5.41, 5.74) is 11.2. The number of nitrogen functional groups attached to an aromatic ring is 1. The van der Waals surface area contributed by atoms with Crippen LogP contribution in [-0.4, -0.2) is 16.7 Å². The second-order valence-corrected chi connectivity index (χ2v) is 6.98. The van der Waals surface area contributed by atoms with Crippen LogP contribution in [0.5, 0.6) is 0 Å². The molecular weight excluding hydrogens is 385 g/mol. The van der Waals surface area contributed by atoms with Gasteiger partial charge in [-0.05, 0) is 45.4 Å². The number of H-pyrrole nitrogens is 1. The Bertz CT molecular complexity index is 858. The smallest absolute Gasteiger partial charge is 0.337 e. The van der Waals surface area contributed by atoms with E-state index in [0.717, 1.165) is 17.0 Å². The number of nitrogens with two attached hydrogens (primary N) is 1. The predicted octanol–water partition coefficient (Wildman–Crippen LogP) is 3.81. The largest absolute Gasteiger partial charge is 0.396 e. The van der Waals surface area contributed by atoms with Gasteiger partial charge in [-0.1, -0.05) is 23.2 Å². The van der Waals surface area contributed by atoms with Crippen molar-refractivity contribution in [2.45, 2.75) is 33.7 Å². The van der Waals surface area contributed by atoms with Crippen LogP contribution >= 0.6 is 34.8 Å². The maximum absolute atomic E-state index is 12.2. The van der Waals surface area contributed by atoms with Gasteiger partial charge in [0.1, 0.15) is 10.0 Å². The number of halogens is 3. The first-order valence-corrected chi connectivity index (χ1v) is 8.65. The summed E-state index contributed by atoms with van der Waals surface area (Å²) in [4.78, 5) is 14.8. The van der Waals surface area contributed by atoms with Gasteiger partial charge in [0.25, 0.3) is 10.8 Å². The quantitative estimate of drug-likeness (QED) is 0.462. The molecule has 0 aliphatic heterocycles. The van der Waals surface area contributed by atoms with Crippen molar-refractivity contribution >= 4 is 52.6 Å². The first kappa shape index (κ1) is 19.6. The number of nitrogens with one attached hydrogen (secondary N) is 2. The first-order chi connectivity index (χ1) is 11.6. The van der Waals surface area contributed by atoms with Gasteiger partial charge >= 0.3 is 5.91 Å². The lowest BCUT2D eigenvalue weighted by molar-refractivity contribution is -0.379. The average molecular weight is 404 g/mol. The Hall–Kier alpha value is -1.76. The first-order valence-electron chi connectivity index (χ1n) is 7.52.